The van der Waals surface area contributed by atoms with Crippen molar-refractivity contribution in [2.75, 3.05) is 23.7 Å². The molecule has 1 aliphatic rings. The number of rotatable bonds is 8. The largest absolute Gasteiger partial charge is 0.388 e. The highest BCUT2D eigenvalue weighted by Gasteiger charge is 2.28. The Balaban J connectivity index is 2.19. The van der Waals surface area contributed by atoms with Crippen molar-refractivity contribution in [3.05, 3.63) is 11.4 Å². The molecule has 0 bridgehead atoms. The smallest absolute Gasteiger partial charge is 0.136 e. The van der Waals surface area contributed by atoms with Crippen LogP contribution in [0.5, 0.6) is 0 Å². The van der Waals surface area contributed by atoms with Crippen molar-refractivity contribution in [3.8, 4) is 0 Å². The van der Waals surface area contributed by atoms with Crippen LogP contribution in [0, 0.1) is 6.92 Å². The van der Waals surface area contributed by atoms with Gasteiger partial charge in [0, 0.05) is 24.6 Å². The van der Waals surface area contributed by atoms with Crippen LogP contribution in [-0.2, 0) is 0 Å². The van der Waals surface area contributed by atoms with E-state index in [9.17, 15) is 5.11 Å². The summed E-state index contributed by atoms with van der Waals surface area (Å²) in [6, 6.07) is 0. The molecule has 3 N–H and O–H groups in total. The van der Waals surface area contributed by atoms with E-state index in [1.165, 1.54) is 12.8 Å². The van der Waals surface area contributed by atoms with Gasteiger partial charge in [-0.1, -0.05) is 13.8 Å². The van der Waals surface area contributed by atoms with Crippen LogP contribution in [0.3, 0.4) is 0 Å². The molecule has 118 valence electrons. The highest BCUT2D eigenvalue weighted by atomic mass is 16.3. The fraction of sp³-hybridized carbons (Fsp3) is 0.750. The number of nitrogens with zero attached hydrogens (tertiary/aromatic N) is 2. The van der Waals surface area contributed by atoms with Crippen LogP contribution in [-0.4, -0.2) is 33.8 Å². The first kappa shape index (κ1) is 16.0. The van der Waals surface area contributed by atoms with Crippen molar-refractivity contribution in [1.82, 2.24) is 9.97 Å². The van der Waals surface area contributed by atoms with Crippen LogP contribution in [0.15, 0.2) is 0 Å². The summed E-state index contributed by atoms with van der Waals surface area (Å²) in [7, 11) is 0. The summed E-state index contributed by atoms with van der Waals surface area (Å²) in [6.07, 6.45) is 4.14. The SMILES string of the molecule is CCCNc1nc(C2CC2)nc(NCC(C)(O)CC)c1C. The zero-order chi connectivity index (χ0) is 15.5. The molecule has 1 aliphatic carbocycles. The number of hydrogen-bond donors (Lipinski definition) is 3. The first-order valence-electron chi connectivity index (χ1n) is 8.05. The summed E-state index contributed by atoms with van der Waals surface area (Å²) < 4.78 is 0. The number of aliphatic hydroxyl groups is 1. The van der Waals surface area contributed by atoms with Gasteiger partial charge in [0.1, 0.15) is 17.5 Å². The second-order valence-electron chi connectivity index (χ2n) is 6.31. The van der Waals surface area contributed by atoms with Gasteiger partial charge in [-0.05, 0) is 39.5 Å². The van der Waals surface area contributed by atoms with E-state index in [-0.39, 0.29) is 0 Å². The Kier molecular flexibility index (Phi) is 5.04. The van der Waals surface area contributed by atoms with E-state index < -0.39 is 5.60 Å². The normalized spacial score (nSPS) is 17.4. The Morgan fingerprint density at radius 2 is 1.81 bits per heavy atom. The minimum atomic E-state index is -0.714. The second kappa shape index (κ2) is 6.60. The molecule has 0 aliphatic heterocycles. The molecular formula is C16H28N4O. The van der Waals surface area contributed by atoms with Crippen molar-refractivity contribution in [2.24, 2.45) is 0 Å². The monoisotopic (exact) mass is 292 g/mol. The molecule has 5 heteroatoms. The van der Waals surface area contributed by atoms with Gasteiger partial charge < -0.3 is 15.7 Å². The lowest BCUT2D eigenvalue weighted by atomic mass is 10.0. The van der Waals surface area contributed by atoms with Crippen LogP contribution in [0.4, 0.5) is 11.6 Å². The van der Waals surface area contributed by atoms with Crippen LogP contribution >= 0.6 is 0 Å². The van der Waals surface area contributed by atoms with Gasteiger partial charge in [-0.25, -0.2) is 9.97 Å². The minimum Gasteiger partial charge on any atom is -0.388 e. The molecule has 1 fully saturated rings. The van der Waals surface area contributed by atoms with Gasteiger partial charge in [-0.3, -0.25) is 0 Å². The highest BCUT2D eigenvalue weighted by molar-refractivity contribution is 5.57. The van der Waals surface area contributed by atoms with E-state index in [2.05, 4.69) is 27.5 Å². The van der Waals surface area contributed by atoms with Crippen molar-refractivity contribution in [3.63, 3.8) is 0 Å². The third kappa shape index (κ3) is 4.30. The molecule has 1 aromatic heterocycles. The zero-order valence-corrected chi connectivity index (χ0v) is 13.7. The standard InChI is InChI=1S/C16H28N4O/c1-5-9-17-13-11(3)14(18-10-16(4,21)6-2)20-15(19-13)12-7-8-12/h12,21H,5-10H2,1-4H3,(H2,17,18,19,20). The van der Waals surface area contributed by atoms with Crippen molar-refractivity contribution < 1.29 is 5.11 Å². The number of aromatic nitrogens is 2. The van der Waals surface area contributed by atoms with E-state index >= 15 is 0 Å². The quantitative estimate of drug-likeness (QED) is 0.687. The van der Waals surface area contributed by atoms with Gasteiger partial charge in [0.05, 0.1) is 5.60 Å². The van der Waals surface area contributed by atoms with Gasteiger partial charge in [0.2, 0.25) is 0 Å². The van der Waals surface area contributed by atoms with E-state index in [1.54, 1.807) is 0 Å². The van der Waals surface area contributed by atoms with Crippen molar-refractivity contribution in [2.45, 2.75) is 64.9 Å². The van der Waals surface area contributed by atoms with E-state index in [4.69, 9.17) is 0 Å². The molecule has 1 unspecified atom stereocenters. The molecule has 0 radical (unpaired) electrons. The van der Waals surface area contributed by atoms with Crippen LogP contribution < -0.4 is 10.6 Å². The molecule has 1 heterocycles. The maximum Gasteiger partial charge on any atom is 0.136 e. The lowest BCUT2D eigenvalue weighted by molar-refractivity contribution is 0.0696. The fourth-order valence-electron chi connectivity index (χ4n) is 2.04. The van der Waals surface area contributed by atoms with E-state index in [0.717, 1.165) is 36.0 Å². The number of nitrogens with one attached hydrogen (secondary N) is 2. The molecule has 0 aromatic carbocycles. The van der Waals surface area contributed by atoms with Crippen LogP contribution in [0.2, 0.25) is 0 Å². The highest BCUT2D eigenvalue weighted by Crippen LogP contribution is 2.39. The molecule has 0 spiro atoms. The maximum atomic E-state index is 10.2. The predicted molar refractivity (Wildman–Crippen MR) is 86.9 cm³/mol. The average molecular weight is 292 g/mol. The first-order chi connectivity index (χ1) is 9.96. The van der Waals surface area contributed by atoms with Crippen molar-refractivity contribution in [1.29, 1.82) is 0 Å². The van der Waals surface area contributed by atoms with Crippen molar-refractivity contribution >= 4 is 11.6 Å². The molecule has 1 aromatic rings. The van der Waals surface area contributed by atoms with Gasteiger partial charge in [-0.2, -0.15) is 0 Å². The number of hydrogen-bond acceptors (Lipinski definition) is 5. The Morgan fingerprint density at radius 3 is 2.33 bits per heavy atom. The molecule has 1 saturated carbocycles. The average Bonchev–Trinajstić information content (AvgIpc) is 3.29. The third-order valence-electron chi connectivity index (χ3n) is 4.05. The molecule has 0 amide bonds. The third-order valence-corrected chi connectivity index (χ3v) is 4.05. The first-order valence-corrected chi connectivity index (χ1v) is 8.05. The Morgan fingerprint density at radius 1 is 1.19 bits per heavy atom. The summed E-state index contributed by atoms with van der Waals surface area (Å²) in [5.41, 5.74) is 0.313. The summed E-state index contributed by atoms with van der Waals surface area (Å²) >= 11 is 0. The molecular weight excluding hydrogens is 264 g/mol. The summed E-state index contributed by atoms with van der Waals surface area (Å²) in [4.78, 5) is 9.34. The van der Waals surface area contributed by atoms with Crippen LogP contribution in [0.25, 0.3) is 0 Å². The van der Waals surface area contributed by atoms with Gasteiger partial charge in [-0.15, -0.1) is 0 Å². The molecule has 1 atom stereocenters. The Hall–Kier alpha value is -1.36. The number of anilines is 2. The summed E-state index contributed by atoms with van der Waals surface area (Å²) in [6.45, 7) is 9.40. The topological polar surface area (TPSA) is 70.1 Å². The second-order valence-corrected chi connectivity index (χ2v) is 6.31. The van der Waals surface area contributed by atoms with Gasteiger partial charge >= 0.3 is 0 Å². The molecule has 0 saturated heterocycles. The molecule has 21 heavy (non-hydrogen) atoms. The Labute approximate surface area is 127 Å². The van der Waals surface area contributed by atoms with E-state index in [0.29, 0.717) is 18.9 Å². The predicted octanol–water partition coefficient (Wildman–Crippen LogP) is 3.06. The minimum absolute atomic E-state index is 0.499. The zero-order valence-electron chi connectivity index (χ0n) is 13.7. The Bertz CT molecular complexity index is 483. The summed E-state index contributed by atoms with van der Waals surface area (Å²) in [5, 5.41) is 16.8. The molecule has 5 nitrogen and oxygen atoms in total. The van der Waals surface area contributed by atoms with E-state index in [1.807, 2.05) is 20.8 Å². The van der Waals surface area contributed by atoms with Crippen LogP contribution in [0.1, 0.15) is 63.8 Å². The summed E-state index contributed by atoms with van der Waals surface area (Å²) in [5.74, 6) is 3.21. The van der Waals surface area contributed by atoms with Gasteiger partial charge in [0.25, 0.3) is 0 Å². The lowest BCUT2D eigenvalue weighted by Crippen LogP contribution is -2.33. The molecule has 2 rings (SSSR count). The maximum absolute atomic E-state index is 10.2. The van der Waals surface area contributed by atoms with Gasteiger partial charge in [0.15, 0.2) is 0 Å². The fourth-order valence-corrected chi connectivity index (χ4v) is 2.04. The lowest BCUT2D eigenvalue weighted by Gasteiger charge is -2.23.